The van der Waals surface area contributed by atoms with Crippen molar-refractivity contribution in [3.63, 3.8) is 0 Å². The lowest BCUT2D eigenvalue weighted by molar-refractivity contribution is 0.149. The van der Waals surface area contributed by atoms with Crippen LogP contribution in [0.25, 0.3) is 0 Å². The Bertz CT molecular complexity index is 488. The highest BCUT2D eigenvalue weighted by Crippen LogP contribution is 2.20. The Morgan fingerprint density at radius 1 is 1.39 bits per heavy atom. The van der Waals surface area contributed by atoms with E-state index < -0.39 is 10.0 Å². The second-order valence-corrected chi connectivity index (χ2v) is 6.10. The molecule has 0 aliphatic heterocycles. The fourth-order valence-corrected chi connectivity index (χ4v) is 3.24. The van der Waals surface area contributed by atoms with Crippen LogP contribution in [0.4, 0.5) is 0 Å². The molecule has 1 aromatic rings. The van der Waals surface area contributed by atoms with Gasteiger partial charge in [0.2, 0.25) is 10.0 Å². The molecule has 1 rings (SSSR count). The van der Waals surface area contributed by atoms with E-state index in [1.54, 1.807) is 45.3 Å². The number of ether oxygens (including phenoxy) is 1. The minimum absolute atomic E-state index is 0.196. The lowest BCUT2D eigenvalue weighted by Crippen LogP contribution is -2.38. The Labute approximate surface area is 109 Å². The maximum Gasteiger partial charge on any atom is 0.243 e. The Balaban J connectivity index is 3.13. The van der Waals surface area contributed by atoms with Gasteiger partial charge < -0.3 is 10.5 Å². The number of benzene rings is 1. The Hall–Kier alpha value is -0.950. The molecule has 0 aromatic heterocycles. The molecule has 1 atom stereocenters. The van der Waals surface area contributed by atoms with Crippen molar-refractivity contribution in [1.29, 1.82) is 0 Å². The van der Waals surface area contributed by atoms with Crippen molar-refractivity contribution in [3.05, 3.63) is 29.8 Å². The molecule has 1 unspecified atom stereocenters. The molecule has 0 fully saturated rings. The van der Waals surface area contributed by atoms with Gasteiger partial charge in [-0.2, -0.15) is 4.31 Å². The van der Waals surface area contributed by atoms with Gasteiger partial charge in [0.25, 0.3) is 0 Å². The van der Waals surface area contributed by atoms with Crippen LogP contribution in [-0.2, 0) is 21.3 Å². The van der Waals surface area contributed by atoms with Gasteiger partial charge in [0.15, 0.2) is 0 Å². The summed E-state index contributed by atoms with van der Waals surface area (Å²) in [4.78, 5) is 0.262. The molecule has 0 radical (unpaired) electrons. The van der Waals surface area contributed by atoms with Crippen molar-refractivity contribution in [2.45, 2.75) is 24.4 Å². The molecule has 2 N–H and O–H groups in total. The Kier molecular flexibility index (Phi) is 5.28. The second-order valence-electron chi connectivity index (χ2n) is 4.14. The molecule has 102 valence electrons. The first-order chi connectivity index (χ1) is 8.45. The zero-order chi connectivity index (χ0) is 13.8. The molecule has 5 nitrogen and oxygen atoms in total. The number of nitrogens with two attached hydrogens (primary N) is 1. The minimum Gasteiger partial charge on any atom is -0.383 e. The van der Waals surface area contributed by atoms with Crippen molar-refractivity contribution < 1.29 is 13.2 Å². The third-order valence-electron chi connectivity index (χ3n) is 2.88. The first kappa shape index (κ1) is 15.1. The molecule has 0 heterocycles. The molecule has 1 aromatic carbocycles. The van der Waals surface area contributed by atoms with Gasteiger partial charge in [0, 0.05) is 26.7 Å². The van der Waals surface area contributed by atoms with Crippen LogP contribution < -0.4 is 5.73 Å². The SMILES string of the molecule is COCC(C)N(C)S(=O)(=O)c1ccccc1CN. The van der Waals surface area contributed by atoms with Crippen molar-refractivity contribution in [2.24, 2.45) is 5.73 Å². The maximum atomic E-state index is 12.4. The maximum absolute atomic E-state index is 12.4. The molecular weight excluding hydrogens is 252 g/mol. The molecule has 0 aliphatic rings. The van der Waals surface area contributed by atoms with E-state index in [2.05, 4.69) is 0 Å². The van der Waals surface area contributed by atoms with Gasteiger partial charge in [-0.25, -0.2) is 8.42 Å². The fraction of sp³-hybridized carbons (Fsp3) is 0.500. The topological polar surface area (TPSA) is 72.6 Å². The summed E-state index contributed by atoms with van der Waals surface area (Å²) in [6.07, 6.45) is 0. The van der Waals surface area contributed by atoms with E-state index in [1.165, 1.54) is 4.31 Å². The summed E-state index contributed by atoms with van der Waals surface area (Å²) in [5.41, 5.74) is 6.19. The zero-order valence-electron chi connectivity index (χ0n) is 11.0. The second kappa shape index (κ2) is 6.29. The quantitative estimate of drug-likeness (QED) is 0.831. The Morgan fingerprint density at radius 2 is 2.00 bits per heavy atom. The van der Waals surface area contributed by atoms with Crippen LogP contribution in [0, 0.1) is 0 Å². The third-order valence-corrected chi connectivity index (χ3v) is 4.95. The van der Waals surface area contributed by atoms with Gasteiger partial charge in [-0.3, -0.25) is 0 Å². The van der Waals surface area contributed by atoms with Gasteiger partial charge in [-0.1, -0.05) is 18.2 Å². The van der Waals surface area contributed by atoms with Crippen LogP contribution in [0.3, 0.4) is 0 Å². The van der Waals surface area contributed by atoms with Crippen LogP contribution >= 0.6 is 0 Å². The monoisotopic (exact) mass is 272 g/mol. The van der Waals surface area contributed by atoms with Crippen LogP contribution in [-0.4, -0.2) is 39.5 Å². The fourth-order valence-electron chi connectivity index (χ4n) is 1.66. The average molecular weight is 272 g/mol. The molecule has 18 heavy (non-hydrogen) atoms. The molecular formula is C12H20N2O3S. The summed E-state index contributed by atoms with van der Waals surface area (Å²) in [5, 5.41) is 0. The summed E-state index contributed by atoms with van der Waals surface area (Å²) in [6, 6.07) is 6.54. The molecule has 0 bridgehead atoms. The lowest BCUT2D eigenvalue weighted by Gasteiger charge is -2.24. The minimum atomic E-state index is -3.53. The van der Waals surface area contributed by atoms with Gasteiger partial charge in [-0.05, 0) is 18.6 Å². The van der Waals surface area contributed by atoms with Gasteiger partial charge in [0.1, 0.15) is 0 Å². The zero-order valence-corrected chi connectivity index (χ0v) is 11.8. The number of sulfonamides is 1. The summed E-state index contributed by atoms with van der Waals surface area (Å²) < 4.78 is 31.2. The summed E-state index contributed by atoms with van der Waals surface area (Å²) in [5.74, 6) is 0. The number of hydrogen-bond acceptors (Lipinski definition) is 4. The van der Waals surface area contributed by atoms with E-state index in [4.69, 9.17) is 10.5 Å². The van der Waals surface area contributed by atoms with Crippen molar-refractivity contribution in [1.82, 2.24) is 4.31 Å². The van der Waals surface area contributed by atoms with Gasteiger partial charge in [0.05, 0.1) is 11.5 Å². The smallest absolute Gasteiger partial charge is 0.243 e. The van der Waals surface area contributed by atoms with Crippen LogP contribution in [0.2, 0.25) is 0 Å². The first-order valence-corrected chi connectivity index (χ1v) is 7.14. The van der Waals surface area contributed by atoms with Crippen LogP contribution in [0.1, 0.15) is 12.5 Å². The number of likely N-dealkylation sites (N-methyl/N-ethyl adjacent to an activating group) is 1. The average Bonchev–Trinajstić information content (AvgIpc) is 2.38. The normalized spacial score (nSPS) is 13.8. The standard InChI is InChI=1S/C12H20N2O3S/c1-10(9-17-3)14(2)18(15,16)12-7-5-4-6-11(12)8-13/h4-7,10H,8-9,13H2,1-3H3. The van der Waals surface area contributed by atoms with Crippen LogP contribution in [0.5, 0.6) is 0 Å². The molecule has 0 saturated carbocycles. The van der Waals surface area contributed by atoms with Gasteiger partial charge >= 0.3 is 0 Å². The number of rotatable bonds is 6. The predicted octanol–water partition coefficient (Wildman–Crippen LogP) is 0.801. The van der Waals surface area contributed by atoms with E-state index >= 15 is 0 Å². The van der Waals surface area contributed by atoms with Crippen LogP contribution in [0.15, 0.2) is 29.2 Å². The van der Waals surface area contributed by atoms with E-state index in [0.29, 0.717) is 12.2 Å². The molecule has 0 amide bonds. The predicted molar refractivity (Wildman–Crippen MR) is 70.6 cm³/mol. The first-order valence-electron chi connectivity index (χ1n) is 5.70. The summed E-state index contributed by atoms with van der Waals surface area (Å²) in [6.45, 7) is 2.34. The largest absolute Gasteiger partial charge is 0.383 e. The number of methoxy groups -OCH3 is 1. The third kappa shape index (κ3) is 3.08. The lowest BCUT2D eigenvalue weighted by atomic mass is 10.2. The molecule has 6 heteroatoms. The molecule has 0 aliphatic carbocycles. The molecule has 0 spiro atoms. The Morgan fingerprint density at radius 3 is 2.56 bits per heavy atom. The van der Waals surface area contributed by atoms with Crippen molar-refractivity contribution in [3.8, 4) is 0 Å². The summed E-state index contributed by atoms with van der Waals surface area (Å²) in [7, 11) is -0.435. The number of nitrogens with zero attached hydrogens (tertiary/aromatic N) is 1. The van der Waals surface area contributed by atoms with E-state index in [1.807, 2.05) is 0 Å². The summed E-state index contributed by atoms with van der Waals surface area (Å²) >= 11 is 0. The van der Waals surface area contributed by atoms with E-state index in [0.717, 1.165) is 0 Å². The van der Waals surface area contributed by atoms with Crippen molar-refractivity contribution in [2.75, 3.05) is 20.8 Å². The van der Waals surface area contributed by atoms with E-state index in [9.17, 15) is 8.42 Å². The number of hydrogen-bond donors (Lipinski definition) is 1. The van der Waals surface area contributed by atoms with Gasteiger partial charge in [-0.15, -0.1) is 0 Å². The molecule has 0 saturated heterocycles. The highest BCUT2D eigenvalue weighted by Gasteiger charge is 2.26. The van der Waals surface area contributed by atoms with Crippen molar-refractivity contribution >= 4 is 10.0 Å². The highest BCUT2D eigenvalue weighted by atomic mass is 32.2. The van der Waals surface area contributed by atoms with E-state index in [-0.39, 0.29) is 17.5 Å². The highest BCUT2D eigenvalue weighted by molar-refractivity contribution is 7.89.